The normalized spacial score (nSPS) is 22.8. The molecule has 0 saturated heterocycles. The molecule has 1 spiro atoms. The fourth-order valence-corrected chi connectivity index (χ4v) is 3.30. The van der Waals surface area contributed by atoms with Crippen LogP contribution in [0.2, 0.25) is 0 Å². The average molecular weight is 279 g/mol. The molecule has 0 saturated carbocycles. The maximum atomic E-state index is 5.91. The van der Waals surface area contributed by atoms with E-state index >= 15 is 0 Å². The summed E-state index contributed by atoms with van der Waals surface area (Å²) in [7, 11) is 0. The Balaban J connectivity index is 1.62. The van der Waals surface area contributed by atoms with E-state index in [2.05, 4.69) is 17.3 Å². The van der Waals surface area contributed by atoms with E-state index in [1.165, 1.54) is 11.1 Å². The third-order valence-electron chi connectivity index (χ3n) is 4.26. The summed E-state index contributed by atoms with van der Waals surface area (Å²) < 4.78 is 5.91. The van der Waals surface area contributed by atoms with E-state index in [1.54, 1.807) is 0 Å². The quantitative estimate of drug-likeness (QED) is 0.815. The van der Waals surface area contributed by atoms with Crippen LogP contribution in [-0.4, -0.2) is 5.71 Å². The summed E-state index contributed by atoms with van der Waals surface area (Å²) in [5, 5.41) is 4.15. The molecule has 21 heavy (non-hydrogen) atoms. The fourth-order valence-electron chi connectivity index (χ4n) is 3.30. The van der Waals surface area contributed by atoms with Gasteiger partial charge in [0.25, 0.3) is 0 Å². The Morgan fingerprint density at radius 2 is 1.95 bits per heavy atom. The van der Waals surface area contributed by atoms with E-state index < -0.39 is 0 Å². The van der Waals surface area contributed by atoms with Crippen LogP contribution in [0.5, 0.6) is 11.5 Å². The third kappa shape index (κ3) is 2.09. The van der Waals surface area contributed by atoms with E-state index in [0.717, 1.165) is 36.5 Å². The van der Waals surface area contributed by atoms with Crippen molar-refractivity contribution in [3.05, 3.63) is 59.7 Å². The number of oxime groups is 1. The van der Waals surface area contributed by atoms with Gasteiger partial charge in [-0.1, -0.05) is 29.4 Å². The Kier molecular flexibility index (Phi) is 2.74. The molecule has 1 heterocycles. The van der Waals surface area contributed by atoms with Crippen molar-refractivity contribution in [3.8, 4) is 11.5 Å². The molecule has 2 aromatic rings. The summed E-state index contributed by atoms with van der Waals surface area (Å²) in [4.78, 5) is 5.75. The lowest BCUT2D eigenvalue weighted by molar-refractivity contribution is -0.0215. The number of nitrogens with zero attached hydrogens (tertiary/aromatic N) is 1. The van der Waals surface area contributed by atoms with E-state index in [1.807, 2.05) is 43.3 Å². The maximum absolute atomic E-state index is 5.91. The topological polar surface area (TPSA) is 30.8 Å². The van der Waals surface area contributed by atoms with Gasteiger partial charge < -0.3 is 9.57 Å². The van der Waals surface area contributed by atoms with Crippen molar-refractivity contribution in [2.45, 2.75) is 31.8 Å². The molecule has 0 unspecified atom stereocenters. The molecule has 1 aliphatic carbocycles. The van der Waals surface area contributed by atoms with Crippen LogP contribution in [0.1, 0.15) is 30.9 Å². The van der Waals surface area contributed by atoms with Crippen LogP contribution in [0.15, 0.2) is 53.7 Å². The summed E-state index contributed by atoms with van der Waals surface area (Å²) in [6, 6.07) is 16.2. The Labute approximate surface area is 124 Å². The molecule has 1 atom stereocenters. The van der Waals surface area contributed by atoms with Gasteiger partial charge >= 0.3 is 0 Å². The highest BCUT2D eigenvalue weighted by atomic mass is 16.7. The molecule has 3 heteroatoms. The molecular formula is C18H17NO2. The van der Waals surface area contributed by atoms with Crippen LogP contribution < -0.4 is 4.74 Å². The van der Waals surface area contributed by atoms with Gasteiger partial charge in [0.15, 0.2) is 5.60 Å². The first-order chi connectivity index (χ1) is 10.3. The lowest BCUT2D eigenvalue weighted by Gasteiger charge is -2.22. The molecule has 106 valence electrons. The smallest absolute Gasteiger partial charge is 0.168 e. The number of benzene rings is 2. The van der Waals surface area contributed by atoms with Crippen molar-refractivity contribution < 1.29 is 9.57 Å². The van der Waals surface area contributed by atoms with Crippen LogP contribution in [0.4, 0.5) is 0 Å². The summed E-state index contributed by atoms with van der Waals surface area (Å²) >= 11 is 0. The van der Waals surface area contributed by atoms with Gasteiger partial charge in [0.05, 0.1) is 5.71 Å². The molecule has 3 nitrogen and oxygen atoms in total. The predicted molar refractivity (Wildman–Crippen MR) is 81.8 cm³/mol. The minimum atomic E-state index is -0.218. The SMILES string of the molecule is CC1=NO[C@@]2(CCc3cc(Oc4ccccc4)ccc32)C1. The number of aryl methyl sites for hydroxylation is 1. The Morgan fingerprint density at radius 3 is 2.71 bits per heavy atom. The van der Waals surface area contributed by atoms with Gasteiger partial charge in [0, 0.05) is 12.0 Å². The largest absolute Gasteiger partial charge is 0.457 e. The maximum Gasteiger partial charge on any atom is 0.168 e. The summed E-state index contributed by atoms with van der Waals surface area (Å²) in [6.45, 7) is 2.03. The molecule has 0 amide bonds. The number of hydrogen-bond donors (Lipinski definition) is 0. The summed E-state index contributed by atoms with van der Waals surface area (Å²) in [5.74, 6) is 1.74. The highest BCUT2D eigenvalue weighted by molar-refractivity contribution is 5.84. The van der Waals surface area contributed by atoms with Crippen LogP contribution in [0, 0.1) is 0 Å². The van der Waals surface area contributed by atoms with Crippen LogP contribution in [0.3, 0.4) is 0 Å². The van der Waals surface area contributed by atoms with Crippen molar-refractivity contribution in [2.24, 2.45) is 5.16 Å². The second-order valence-corrected chi connectivity index (χ2v) is 5.82. The van der Waals surface area contributed by atoms with Crippen LogP contribution in [-0.2, 0) is 16.9 Å². The number of hydrogen-bond acceptors (Lipinski definition) is 3. The lowest BCUT2D eigenvalue weighted by Crippen LogP contribution is -2.22. The van der Waals surface area contributed by atoms with Crippen LogP contribution in [0.25, 0.3) is 0 Å². The highest BCUT2D eigenvalue weighted by Crippen LogP contribution is 2.46. The second-order valence-electron chi connectivity index (χ2n) is 5.82. The lowest BCUT2D eigenvalue weighted by atomic mass is 9.91. The molecule has 0 radical (unpaired) electrons. The van der Waals surface area contributed by atoms with Gasteiger partial charge in [-0.15, -0.1) is 0 Å². The number of rotatable bonds is 2. The molecular weight excluding hydrogens is 262 g/mol. The zero-order valence-electron chi connectivity index (χ0n) is 12.0. The Hall–Kier alpha value is -2.29. The molecule has 0 aromatic heterocycles. The number of para-hydroxylation sites is 1. The van der Waals surface area contributed by atoms with Gasteiger partial charge in [-0.05, 0) is 49.6 Å². The molecule has 0 fully saturated rings. The van der Waals surface area contributed by atoms with Gasteiger partial charge in [0.2, 0.25) is 0 Å². The zero-order valence-corrected chi connectivity index (χ0v) is 12.0. The predicted octanol–water partition coefficient (Wildman–Crippen LogP) is 4.42. The van der Waals surface area contributed by atoms with Gasteiger partial charge in [0.1, 0.15) is 11.5 Å². The fraction of sp³-hybridized carbons (Fsp3) is 0.278. The summed E-state index contributed by atoms with van der Waals surface area (Å²) in [6.07, 6.45) is 2.92. The second kappa shape index (κ2) is 4.62. The van der Waals surface area contributed by atoms with E-state index in [9.17, 15) is 0 Å². The molecule has 4 rings (SSSR count). The minimum absolute atomic E-state index is 0.218. The van der Waals surface area contributed by atoms with E-state index in [-0.39, 0.29) is 5.60 Å². The van der Waals surface area contributed by atoms with Crippen molar-refractivity contribution in [2.75, 3.05) is 0 Å². The van der Waals surface area contributed by atoms with Gasteiger partial charge in [-0.25, -0.2) is 0 Å². The van der Waals surface area contributed by atoms with Gasteiger partial charge in [-0.2, -0.15) is 0 Å². The van der Waals surface area contributed by atoms with Crippen molar-refractivity contribution in [1.29, 1.82) is 0 Å². The molecule has 2 aliphatic rings. The third-order valence-corrected chi connectivity index (χ3v) is 4.26. The molecule has 1 aliphatic heterocycles. The molecule has 0 bridgehead atoms. The first kappa shape index (κ1) is 12.5. The Morgan fingerprint density at radius 1 is 1.10 bits per heavy atom. The standard InChI is InChI=1S/C18H17NO2/c1-13-12-18(21-19-13)10-9-14-11-16(7-8-17(14)18)20-15-5-3-2-4-6-15/h2-8,11H,9-10,12H2,1H3/t18-/m0/s1. The van der Waals surface area contributed by atoms with Gasteiger partial charge in [-0.3, -0.25) is 0 Å². The number of fused-ring (bicyclic) bond motifs is 2. The Bertz CT molecular complexity index is 708. The average Bonchev–Trinajstić information content (AvgIpc) is 3.05. The highest BCUT2D eigenvalue weighted by Gasteiger charge is 2.45. The first-order valence-electron chi connectivity index (χ1n) is 7.33. The monoisotopic (exact) mass is 279 g/mol. The van der Waals surface area contributed by atoms with Crippen molar-refractivity contribution in [1.82, 2.24) is 0 Å². The van der Waals surface area contributed by atoms with Crippen molar-refractivity contribution >= 4 is 5.71 Å². The number of ether oxygens (including phenoxy) is 1. The zero-order chi connectivity index (χ0) is 14.3. The first-order valence-corrected chi connectivity index (χ1v) is 7.33. The molecule has 0 N–H and O–H groups in total. The van der Waals surface area contributed by atoms with Crippen molar-refractivity contribution in [3.63, 3.8) is 0 Å². The van der Waals surface area contributed by atoms with Crippen LogP contribution >= 0.6 is 0 Å². The van der Waals surface area contributed by atoms with E-state index in [4.69, 9.17) is 9.57 Å². The van der Waals surface area contributed by atoms with E-state index in [0.29, 0.717) is 0 Å². The summed E-state index contributed by atoms with van der Waals surface area (Å²) in [5.41, 5.74) is 3.44. The minimum Gasteiger partial charge on any atom is -0.457 e. The molecule has 2 aromatic carbocycles.